The summed E-state index contributed by atoms with van der Waals surface area (Å²) in [5, 5.41) is 0. The van der Waals surface area contributed by atoms with Gasteiger partial charge in [0.25, 0.3) is 0 Å². The Morgan fingerprint density at radius 1 is 1.50 bits per heavy atom. The predicted octanol–water partition coefficient (Wildman–Crippen LogP) is 2.96. The lowest BCUT2D eigenvalue weighted by Gasteiger charge is -1.97. The normalized spacial score (nSPS) is 32.0. The van der Waals surface area contributed by atoms with Gasteiger partial charge < -0.3 is 5.73 Å². The Hall–Kier alpha value is 0.140. The summed E-state index contributed by atoms with van der Waals surface area (Å²) >= 11 is 5.26. The first kappa shape index (κ1) is 8.73. The van der Waals surface area contributed by atoms with Gasteiger partial charge in [0, 0.05) is 16.8 Å². The summed E-state index contributed by atoms with van der Waals surface area (Å²) in [5.74, 6) is 0.578. The molecule has 3 heteroatoms. The molecule has 12 heavy (non-hydrogen) atoms. The van der Waals surface area contributed by atoms with Crippen molar-refractivity contribution in [2.75, 3.05) is 0 Å². The first-order valence-corrected chi connectivity index (χ1v) is 5.65. The van der Waals surface area contributed by atoms with Crippen molar-refractivity contribution in [3.05, 3.63) is 20.8 Å². The summed E-state index contributed by atoms with van der Waals surface area (Å²) < 4.78 is 1.20. The summed E-state index contributed by atoms with van der Waals surface area (Å²) in [6.45, 7) is 4.46. The molecule has 0 aliphatic heterocycles. The summed E-state index contributed by atoms with van der Waals surface area (Å²) in [6.07, 6.45) is 0. The molecule has 66 valence electrons. The van der Waals surface area contributed by atoms with Gasteiger partial charge in [0.15, 0.2) is 0 Å². The standard InChI is InChI=1S/C9H12BrNS/c1-9(2)7(8(9)11)5-3-4-6(10)12-5/h3-4,7-8H,11H2,1-2H3. The Morgan fingerprint density at radius 3 is 2.42 bits per heavy atom. The Kier molecular flexibility index (Phi) is 1.86. The quantitative estimate of drug-likeness (QED) is 0.810. The zero-order valence-electron chi connectivity index (χ0n) is 7.17. The molecular weight excluding hydrogens is 234 g/mol. The van der Waals surface area contributed by atoms with Gasteiger partial charge in [-0.1, -0.05) is 13.8 Å². The first-order chi connectivity index (χ1) is 5.53. The molecule has 0 bridgehead atoms. The Balaban J connectivity index is 2.24. The van der Waals surface area contributed by atoms with Crippen LogP contribution in [0.5, 0.6) is 0 Å². The smallest absolute Gasteiger partial charge is 0.0701 e. The van der Waals surface area contributed by atoms with Crippen LogP contribution in [0.2, 0.25) is 0 Å². The summed E-state index contributed by atoms with van der Waals surface area (Å²) in [4.78, 5) is 1.42. The van der Waals surface area contributed by atoms with Crippen LogP contribution in [-0.2, 0) is 0 Å². The minimum absolute atomic E-state index is 0.310. The van der Waals surface area contributed by atoms with Crippen molar-refractivity contribution in [2.24, 2.45) is 11.1 Å². The summed E-state index contributed by atoms with van der Waals surface area (Å²) in [5.41, 5.74) is 6.29. The van der Waals surface area contributed by atoms with E-state index in [0.29, 0.717) is 17.4 Å². The molecule has 0 saturated heterocycles. The molecule has 0 spiro atoms. The number of hydrogen-bond acceptors (Lipinski definition) is 2. The molecule has 2 rings (SSSR count). The molecular formula is C9H12BrNS. The molecule has 1 nitrogen and oxygen atoms in total. The van der Waals surface area contributed by atoms with E-state index in [1.165, 1.54) is 8.66 Å². The molecule has 0 aromatic carbocycles. The fourth-order valence-electron chi connectivity index (χ4n) is 1.72. The third-order valence-corrected chi connectivity index (χ3v) is 4.52. The molecule has 1 fully saturated rings. The van der Waals surface area contributed by atoms with Gasteiger partial charge in [0.2, 0.25) is 0 Å². The van der Waals surface area contributed by atoms with Crippen molar-refractivity contribution in [3.8, 4) is 0 Å². The second kappa shape index (κ2) is 2.56. The number of halogens is 1. The molecule has 1 aliphatic carbocycles. The van der Waals surface area contributed by atoms with E-state index in [0.717, 1.165) is 0 Å². The molecule has 1 aliphatic rings. The second-order valence-electron chi connectivity index (χ2n) is 3.97. The maximum Gasteiger partial charge on any atom is 0.0701 e. The lowest BCUT2D eigenvalue weighted by molar-refractivity contribution is 0.601. The highest BCUT2D eigenvalue weighted by Gasteiger charge is 2.56. The van der Waals surface area contributed by atoms with Crippen LogP contribution in [0.3, 0.4) is 0 Å². The van der Waals surface area contributed by atoms with Crippen LogP contribution in [0.4, 0.5) is 0 Å². The van der Waals surface area contributed by atoms with Crippen molar-refractivity contribution in [2.45, 2.75) is 25.8 Å². The van der Waals surface area contributed by atoms with Gasteiger partial charge in [0.05, 0.1) is 3.79 Å². The van der Waals surface area contributed by atoms with Crippen molar-refractivity contribution in [3.63, 3.8) is 0 Å². The van der Waals surface area contributed by atoms with Crippen molar-refractivity contribution >= 4 is 27.3 Å². The Morgan fingerprint density at radius 2 is 2.08 bits per heavy atom. The highest BCUT2D eigenvalue weighted by Crippen LogP contribution is 2.58. The molecule has 1 aromatic rings. The maximum absolute atomic E-state index is 5.98. The van der Waals surface area contributed by atoms with Crippen LogP contribution in [0, 0.1) is 5.41 Å². The van der Waals surface area contributed by atoms with Crippen LogP contribution in [0.15, 0.2) is 15.9 Å². The third-order valence-electron chi connectivity index (χ3n) is 2.81. The number of nitrogens with two attached hydrogens (primary N) is 1. The number of rotatable bonds is 1. The minimum atomic E-state index is 0.310. The topological polar surface area (TPSA) is 26.0 Å². The monoisotopic (exact) mass is 245 g/mol. The van der Waals surface area contributed by atoms with Crippen molar-refractivity contribution < 1.29 is 0 Å². The van der Waals surface area contributed by atoms with E-state index < -0.39 is 0 Å². The van der Waals surface area contributed by atoms with E-state index >= 15 is 0 Å². The van der Waals surface area contributed by atoms with E-state index in [9.17, 15) is 0 Å². The van der Waals surface area contributed by atoms with Crippen LogP contribution in [-0.4, -0.2) is 6.04 Å². The van der Waals surface area contributed by atoms with E-state index in [4.69, 9.17) is 5.73 Å². The molecule has 2 atom stereocenters. The average Bonchev–Trinajstić information content (AvgIpc) is 2.38. The third kappa shape index (κ3) is 1.15. The second-order valence-corrected chi connectivity index (χ2v) is 6.46. The van der Waals surface area contributed by atoms with Gasteiger partial charge in [-0.25, -0.2) is 0 Å². The largest absolute Gasteiger partial charge is 0.327 e. The van der Waals surface area contributed by atoms with Gasteiger partial charge in [-0.2, -0.15) is 0 Å². The lowest BCUT2D eigenvalue weighted by Crippen LogP contribution is -2.06. The minimum Gasteiger partial charge on any atom is -0.327 e. The van der Waals surface area contributed by atoms with Crippen LogP contribution in [0.25, 0.3) is 0 Å². The van der Waals surface area contributed by atoms with Gasteiger partial charge in [-0.15, -0.1) is 11.3 Å². The van der Waals surface area contributed by atoms with Gasteiger partial charge in [0.1, 0.15) is 0 Å². The fraction of sp³-hybridized carbons (Fsp3) is 0.556. The molecule has 0 amide bonds. The molecule has 1 saturated carbocycles. The van der Waals surface area contributed by atoms with Crippen molar-refractivity contribution in [1.29, 1.82) is 0 Å². The molecule has 1 aromatic heterocycles. The van der Waals surface area contributed by atoms with Crippen LogP contribution in [0.1, 0.15) is 24.6 Å². The van der Waals surface area contributed by atoms with Gasteiger partial charge in [-0.3, -0.25) is 0 Å². The zero-order valence-corrected chi connectivity index (χ0v) is 9.58. The summed E-state index contributed by atoms with van der Waals surface area (Å²) in [7, 11) is 0. The molecule has 1 heterocycles. The maximum atomic E-state index is 5.98. The number of hydrogen-bond donors (Lipinski definition) is 1. The highest BCUT2D eigenvalue weighted by atomic mass is 79.9. The number of thiophene rings is 1. The van der Waals surface area contributed by atoms with E-state index in [-0.39, 0.29) is 0 Å². The fourth-order valence-corrected chi connectivity index (χ4v) is 3.48. The van der Waals surface area contributed by atoms with Gasteiger partial charge >= 0.3 is 0 Å². The Labute approximate surface area is 85.1 Å². The zero-order chi connectivity index (χ0) is 8.93. The SMILES string of the molecule is CC1(C)C(N)C1c1ccc(Br)s1. The van der Waals surface area contributed by atoms with Crippen molar-refractivity contribution in [1.82, 2.24) is 0 Å². The highest BCUT2D eigenvalue weighted by molar-refractivity contribution is 9.11. The van der Waals surface area contributed by atoms with E-state index in [1.54, 1.807) is 11.3 Å². The van der Waals surface area contributed by atoms with Crippen LogP contribution < -0.4 is 5.73 Å². The van der Waals surface area contributed by atoms with Gasteiger partial charge in [-0.05, 0) is 33.5 Å². The molecule has 0 radical (unpaired) electrons. The summed E-state index contributed by atoms with van der Waals surface area (Å²) in [6, 6.07) is 4.62. The van der Waals surface area contributed by atoms with E-state index in [2.05, 4.69) is 41.9 Å². The first-order valence-electron chi connectivity index (χ1n) is 4.04. The van der Waals surface area contributed by atoms with E-state index in [1.807, 2.05) is 0 Å². The lowest BCUT2D eigenvalue weighted by atomic mass is 10.1. The molecule has 2 unspecified atom stereocenters. The Bertz CT molecular complexity index is 305. The predicted molar refractivity (Wildman–Crippen MR) is 56.5 cm³/mol. The van der Waals surface area contributed by atoms with Crippen LogP contribution >= 0.6 is 27.3 Å². The molecule has 2 N–H and O–H groups in total. The average molecular weight is 246 g/mol.